The standard InChI is InChI=1S/C14H15N3O3/c1-15-10-6-8-11(9-7-10)16-14(18)12-4-2-3-5-13(12)17(19)20/h2-5,10-11H,6-9H2,(H,16,18). The second kappa shape index (κ2) is 6.15. The van der Waals surface area contributed by atoms with Crippen molar-refractivity contribution >= 4 is 11.6 Å². The Kier molecular flexibility index (Phi) is 4.31. The molecule has 1 aliphatic carbocycles. The van der Waals surface area contributed by atoms with Gasteiger partial charge in [0.15, 0.2) is 0 Å². The highest BCUT2D eigenvalue weighted by molar-refractivity contribution is 5.98. The maximum absolute atomic E-state index is 12.1. The van der Waals surface area contributed by atoms with Crippen LogP contribution in [-0.4, -0.2) is 22.9 Å². The molecule has 0 spiro atoms. The molecular weight excluding hydrogens is 258 g/mol. The maximum Gasteiger partial charge on any atom is 0.282 e. The molecule has 0 heterocycles. The van der Waals surface area contributed by atoms with Gasteiger partial charge in [0.05, 0.1) is 4.92 Å². The zero-order valence-electron chi connectivity index (χ0n) is 10.9. The summed E-state index contributed by atoms with van der Waals surface area (Å²) in [6, 6.07) is 5.98. The van der Waals surface area contributed by atoms with Gasteiger partial charge in [-0.05, 0) is 18.9 Å². The summed E-state index contributed by atoms with van der Waals surface area (Å²) in [5.41, 5.74) is -0.0929. The number of nitro benzene ring substituents is 1. The van der Waals surface area contributed by atoms with E-state index in [1.807, 2.05) is 0 Å². The number of nitrogens with zero attached hydrogens (tertiary/aromatic N) is 2. The average molecular weight is 273 g/mol. The lowest BCUT2D eigenvalue weighted by Gasteiger charge is -2.23. The summed E-state index contributed by atoms with van der Waals surface area (Å²) in [7, 11) is 0. The first-order valence-electron chi connectivity index (χ1n) is 6.52. The van der Waals surface area contributed by atoms with Gasteiger partial charge in [-0.2, -0.15) is 0 Å². The zero-order valence-corrected chi connectivity index (χ0v) is 10.9. The van der Waals surface area contributed by atoms with Gasteiger partial charge in [0.2, 0.25) is 6.04 Å². The molecule has 1 aromatic rings. The Balaban J connectivity index is 2.03. The molecular formula is C14H15N3O3. The van der Waals surface area contributed by atoms with Gasteiger partial charge >= 0.3 is 0 Å². The van der Waals surface area contributed by atoms with Crippen LogP contribution in [0, 0.1) is 16.7 Å². The molecule has 0 saturated heterocycles. The van der Waals surface area contributed by atoms with Crippen LogP contribution in [0.1, 0.15) is 36.0 Å². The third kappa shape index (κ3) is 3.12. The molecule has 20 heavy (non-hydrogen) atoms. The molecule has 1 amide bonds. The van der Waals surface area contributed by atoms with Crippen molar-refractivity contribution in [1.29, 1.82) is 0 Å². The fourth-order valence-electron chi connectivity index (χ4n) is 2.44. The lowest BCUT2D eigenvalue weighted by Crippen LogP contribution is -2.38. The van der Waals surface area contributed by atoms with Crippen molar-refractivity contribution in [3.8, 4) is 0 Å². The van der Waals surface area contributed by atoms with Gasteiger partial charge in [0, 0.05) is 24.9 Å². The van der Waals surface area contributed by atoms with Crippen molar-refractivity contribution in [2.24, 2.45) is 0 Å². The van der Waals surface area contributed by atoms with Crippen LogP contribution in [0.5, 0.6) is 0 Å². The smallest absolute Gasteiger partial charge is 0.282 e. The summed E-state index contributed by atoms with van der Waals surface area (Å²) in [5, 5.41) is 13.7. The highest BCUT2D eigenvalue weighted by Gasteiger charge is 2.27. The normalized spacial score (nSPS) is 21.8. The number of carbonyl (C=O) groups excluding carboxylic acids is 1. The van der Waals surface area contributed by atoms with Crippen LogP contribution in [0.3, 0.4) is 0 Å². The molecule has 104 valence electrons. The van der Waals surface area contributed by atoms with Crippen LogP contribution < -0.4 is 5.32 Å². The molecule has 0 aromatic heterocycles. The molecule has 0 atom stereocenters. The summed E-state index contributed by atoms with van der Waals surface area (Å²) < 4.78 is 0. The number of benzene rings is 1. The Morgan fingerprint density at radius 3 is 2.55 bits per heavy atom. The maximum atomic E-state index is 12.1. The van der Waals surface area contributed by atoms with Crippen LogP contribution in [0.15, 0.2) is 24.3 Å². The van der Waals surface area contributed by atoms with Gasteiger partial charge < -0.3 is 10.2 Å². The van der Waals surface area contributed by atoms with Crippen molar-refractivity contribution in [1.82, 2.24) is 5.32 Å². The van der Waals surface area contributed by atoms with Crippen molar-refractivity contribution in [3.05, 3.63) is 51.4 Å². The van der Waals surface area contributed by atoms with E-state index in [9.17, 15) is 14.9 Å². The lowest BCUT2D eigenvalue weighted by molar-refractivity contribution is -0.385. The van der Waals surface area contributed by atoms with E-state index in [0.717, 1.165) is 25.7 Å². The summed E-state index contributed by atoms with van der Waals surface area (Å²) in [6.45, 7) is 6.98. The van der Waals surface area contributed by atoms with Gasteiger partial charge in [-0.25, -0.2) is 6.57 Å². The van der Waals surface area contributed by atoms with E-state index >= 15 is 0 Å². The summed E-state index contributed by atoms with van der Waals surface area (Å²) in [5.74, 6) is -0.413. The molecule has 0 unspecified atom stereocenters. The number of nitro groups is 1. The molecule has 0 bridgehead atoms. The second-order valence-electron chi connectivity index (χ2n) is 4.88. The Hall–Kier alpha value is -2.42. The predicted octanol–water partition coefficient (Wildman–Crippen LogP) is 2.56. The molecule has 1 saturated carbocycles. The average Bonchev–Trinajstić information content (AvgIpc) is 2.48. The van der Waals surface area contributed by atoms with Crippen LogP contribution in [0.25, 0.3) is 4.85 Å². The van der Waals surface area contributed by atoms with Gasteiger partial charge in [0.1, 0.15) is 5.56 Å². The highest BCUT2D eigenvalue weighted by atomic mass is 16.6. The van der Waals surface area contributed by atoms with Crippen LogP contribution in [0.2, 0.25) is 0 Å². The third-order valence-corrected chi connectivity index (χ3v) is 3.56. The van der Waals surface area contributed by atoms with Gasteiger partial charge in [-0.1, -0.05) is 12.1 Å². The van der Waals surface area contributed by atoms with Crippen molar-refractivity contribution in [3.63, 3.8) is 0 Å². The number of para-hydroxylation sites is 1. The minimum Gasteiger partial charge on any atom is -0.349 e. The monoisotopic (exact) mass is 273 g/mol. The van der Waals surface area contributed by atoms with Crippen LogP contribution >= 0.6 is 0 Å². The molecule has 0 aliphatic heterocycles. The van der Waals surface area contributed by atoms with E-state index in [1.54, 1.807) is 6.07 Å². The molecule has 6 nitrogen and oxygen atoms in total. The van der Waals surface area contributed by atoms with Crippen LogP contribution in [0.4, 0.5) is 5.69 Å². The van der Waals surface area contributed by atoms with Crippen molar-refractivity contribution < 1.29 is 9.72 Å². The van der Waals surface area contributed by atoms with E-state index in [1.165, 1.54) is 18.2 Å². The Bertz CT molecular complexity index is 557. The van der Waals surface area contributed by atoms with E-state index in [4.69, 9.17) is 6.57 Å². The Morgan fingerprint density at radius 2 is 1.95 bits per heavy atom. The fraction of sp³-hybridized carbons (Fsp3) is 0.429. The van der Waals surface area contributed by atoms with E-state index < -0.39 is 10.8 Å². The molecule has 1 N–H and O–H groups in total. The summed E-state index contributed by atoms with van der Waals surface area (Å²) in [6.07, 6.45) is 3.04. The van der Waals surface area contributed by atoms with E-state index in [2.05, 4.69) is 10.2 Å². The summed E-state index contributed by atoms with van der Waals surface area (Å²) in [4.78, 5) is 26.0. The Labute approximate surface area is 116 Å². The molecule has 2 rings (SSSR count). The highest BCUT2D eigenvalue weighted by Crippen LogP contribution is 2.23. The predicted molar refractivity (Wildman–Crippen MR) is 73.2 cm³/mol. The quantitative estimate of drug-likeness (QED) is 0.522. The largest absolute Gasteiger partial charge is 0.349 e. The number of nitrogens with one attached hydrogen (secondary N) is 1. The molecule has 0 radical (unpaired) electrons. The van der Waals surface area contributed by atoms with Gasteiger partial charge in [0.25, 0.3) is 11.6 Å². The first-order chi connectivity index (χ1) is 9.61. The minimum absolute atomic E-state index is 0.000287. The molecule has 1 fully saturated rings. The number of carbonyl (C=O) groups is 1. The number of amides is 1. The van der Waals surface area contributed by atoms with E-state index in [0.29, 0.717) is 0 Å². The van der Waals surface area contributed by atoms with E-state index in [-0.39, 0.29) is 23.3 Å². The molecule has 6 heteroatoms. The molecule has 1 aliphatic rings. The third-order valence-electron chi connectivity index (χ3n) is 3.56. The summed E-state index contributed by atoms with van der Waals surface area (Å²) >= 11 is 0. The van der Waals surface area contributed by atoms with Crippen molar-refractivity contribution in [2.75, 3.05) is 0 Å². The van der Waals surface area contributed by atoms with Gasteiger partial charge in [-0.3, -0.25) is 14.9 Å². The fourth-order valence-corrected chi connectivity index (χ4v) is 2.44. The molecule has 1 aromatic carbocycles. The lowest BCUT2D eigenvalue weighted by atomic mass is 9.91. The SMILES string of the molecule is [C-]#[N+]C1CCC(NC(=O)c2ccccc2[N+](=O)[O-])CC1. The van der Waals surface area contributed by atoms with Crippen molar-refractivity contribution in [2.45, 2.75) is 37.8 Å². The minimum atomic E-state index is -0.551. The Morgan fingerprint density at radius 1 is 1.30 bits per heavy atom. The number of hydrogen-bond donors (Lipinski definition) is 1. The number of rotatable bonds is 3. The zero-order chi connectivity index (χ0) is 14.5. The van der Waals surface area contributed by atoms with Gasteiger partial charge in [-0.15, -0.1) is 0 Å². The first kappa shape index (κ1) is 14.0. The topological polar surface area (TPSA) is 76.6 Å². The number of hydrogen-bond acceptors (Lipinski definition) is 3. The first-order valence-corrected chi connectivity index (χ1v) is 6.52. The second-order valence-corrected chi connectivity index (χ2v) is 4.88. The van der Waals surface area contributed by atoms with Crippen LogP contribution in [-0.2, 0) is 0 Å².